The van der Waals surface area contributed by atoms with Gasteiger partial charge in [0.2, 0.25) is 0 Å². The number of ether oxygens (including phenoxy) is 3. The van der Waals surface area contributed by atoms with Crippen molar-refractivity contribution in [3.05, 3.63) is 119 Å². The number of nitrogens with one attached hydrogen (secondary N) is 1. The Morgan fingerprint density at radius 1 is 0.926 bits per heavy atom. The molecule has 4 aliphatic rings. The van der Waals surface area contributed by atoms with Gasteiger partial charge in [-0.15, -0.1) is 0 Å². The highest BCUT2D eigenvalue weighted by Gasteiger charge is 2.70. The first-order valence-electron chi connectivity index (χ1n) is 18.9. The highest BCUT2D eigenvalue weighted by Crippen LogP contribution is 2.62. The number of aliphatic hydroxyl groups excluding tert-OH is 2. The van der Waals surface area contributed by atoms with Crippen LogP contribution in [0.25, 0.3) is 0 Å². The van der Waals surface area contributed by atoms with Crippen LogP contribution in [0.2, 0.25) is 0 Å². The fourth-order valence-corrected chi connectivity index (χ4v) is 9.08. The molecule has 11 nitrogen and oxygen atoms in total. The molecule has 54 heavy (non-hydrogen) atoms. The van der Waals surface area contributed by atoms with E-state index in [0.29, 0.717) is 16.7 Å². The quantitative estimate of drug-likeness (QED) is 0.191. The summed E-state index contributed by atoms with van der Waals surface area (Å²) < 4.78 is 27.7. The Balaban J connectivity index is 1.29. The maximum absolute atomic E-state index is 14.8. The minimum Gasteiger partial charge on any atom is -0.456 e. The molecule has 1 aliphatic heterocycles. The molecule has 0 unspecified atom stereocenters. The molecule has 1 heterocycles. The van der Waals surface area contributed by atoms with Gasteiger partial charge >= 0.3 is 11.9 Å². The predicted octanol–water partition coefficient (Wildman–Crippen LogP) is 4.51. The van der Waals surface area contributed by atoms with Crippen molar-refractivity contribution in [2.75, 3.05) is 6.61 Å². The van der Waals surface area contributed by atoms with Gasteiger partial charge in [0.25, 0.3) is 5.91 Å². The van der Waals surface area contributed by atoms with Crippen LogP contribution in [0, 0.1) is 22.7 Å². The van der Waals surface area contributed by atoms with Crippen molar-refractivity contribution >= 4 is 23.6 Å². The molecule has 3 aromatic rings. The van der Waals surface area contributed by atoms with Gasteiger partial charge in [-0.3, -0.25) is 9.59 Å². The average molecular weight is 739 g/mol. The highest BCUT2D eigenvalue weighted by molar-refractivity contribution is 5.95. The fourth-order valence-electron chi connectivity index (χ4n) is 9.08. The first-order valence-corrected chi connectivity index (χ1v) is 18.4. The zero-order valence-corrected chi connectivity index (χ0v) is 30.7. The monoisotopic (exact) mass is 738 g/mol. The van der Waals surface area contributed by atoms with E-state index < -0.39 is 94.9 Å². The van der Waals surface area contributed by atoms with Gasteiger partial charge in [-0.05, 0) is 49.2 Å². The largest absolute Gasteiger partial charge is 0.456 e. The number of esters is 2. The standard InChI is InChI=1S/C43H47NO10/c1-24-29-20-32(45)42(4)33(46)21-30-28(23-52-30)34(42)37(54-39(49)27-18-12-7-13-19-27)43(51,41(29,2)3)22-31(24)53-40(50)36(47)35(25-14-8-5-9-15-25)44-38(48)26-16-10-6-11-17-26/h5-19,28,30-31,33-37,46-47,51H,20-23H2,1-4H3,(H,44,48)/t28-,30-,31+,33+,34+,35+,36-,37+,42-,43-/m1/s1/i20D/t20-,28+,30+,31-,33-,34-,35-,36+,37-,42+,43+/m0. The molecule has 3 aromatic carbocycles. The lowest BCUT2D eigenvalue weighted by Gasteiger charge is -2.63. The van der Waals surface area contributed by atoms with Gasteiger partial charge in [-0.25, -0.2) is 9.59 Å². The number of hydrogen-bond donors (Lipinski definition) is 4. The third-order valence-electron chi connectivity index (χ3n) is 12.6. The zero-order valence-electron chi connectivity index (χ0n) is 31.7. The van der Waals surface area contributed by atoms with Crippen molar-refractivity contribution < 1.29 is 50.1 Å². The van der Waals surface area contributed by atoms with E-state index in [1.807, 2.05) is 0 Å². The molecule has 0 radical (unpaired) electrons. The summed E-state index contributed by atoms with van der Waals surface area (Å²) in [5, 5.41) is 39.3. The lowest BCUT2D eigenvalue weighted by molar-refractivity contribution is -0.274. The molecule has 4 N–H and O–H groups in total. The number of benzene rings is 3. The molecule has 0 aromatic heterocycles. The lowest BCUT2D eigenvalue weighted by atomic mass is 9.46. The van der Waals surface area contributed by atoms with Crippen molar-refractivity contribution in [3.8, 4) is 0 Å². The van der Waals surface area contributed by atoms with E-state index in [0.717, 1.165) is 0 Å². The molecule has 2 saturated carbocycles. The molecule has 1 saturated heterocycles. The molecule has 11 atom stereocenters. The number of carbonyl (C=O) groups is 4. The van der Waals surface area contributed by atoms with Crippen LogP contribution in [0.1, 0.15) is 80.6 Å². The Morgan fingerprint density at radius 3 is 2.11 bits per heavy atom. The summed E-state index contributed by atoms with van der Waals surface area (Å²) in [4.78, 5) is 56.0. The molecule has 7 rings (SSSR count). The molecule has 0 spiro atoms. The predicted molar refractivity (Wildman–Crippen MR) is 196 cm³/mol. The number of rotatable bonds is 8. The summed E-state index contributed by atoms with van der Waals surface area (Å²) in [7, 11) is 0. The molecule has 3 fully saturated rings. The minimum atomic E-state index is -2.08. The van der Waals surface area contributed by atoms with Crippen LogP contribution in [0.5, 0.6) is 0 Å². The Hall–Kier alpha value is -4.68. The van der Waals surface area contributed by atoms with Crippen molar-refractivity contribution in [2.24, 2.45) is 22.7 Å². The van der Waals surface area contributed by atoms with Crippen LogP contribution < -0.4 is 5.32 Å². The number of amides is 1. The van der Waals surface area contributed by atoms with E-state index in [-0.39, 0.29) is 30.6 Å². The van der Waals surface area contributed by atoms with E-state index in [9.17, 15) is 35.9 Å². The Labute approximate surface area is 315 Å². The topological polar surface area (TPSA) is 169 Å². The summed E-state index contributed by atoms with van der Waals surface area (Å²) >= 11 is 0. The van der Waals surface area contributed by atoms with Gasteiger partial charge in [-0.2, -0.15) is 0 Å². The fraction of sp³-hybridized carbons (Fsp3) is 0.442. The van der Waals surface area contributed by atoms with Crippen LogP contribution in [0.15, 0.2) is 102 Å². The summed E-state index contributed by atoms with van der Waals surface area (Å²) in [6.07, 6.45) is -8.20. The van der Waals surface area contributed by atoms with Gasteiger partial charge in [-0.1, -0.05) is 86.2 Å². The van der Waals surface area contributed by atoms with Crippen molar-refractivity contribution in [3.63, 3.8) is 0 Å². The summed E-state index contributed by atoms with van der Waals surface area (Å²) in [5.74, 6) is -4.42. The first kappa shape index (κ1) is 36.3. The summed E-state index contributed by atoms with van der Waals surface area (Å²) in [5.41, 5.74) is -3.68. The van der Waals surface area contributed by atoms with Crippen LogP contribution in [-0.4, -0.2) is 81.7 Å². The molecule has 3 aliphatic carbocycles. The molecular formula is C43H47NO10. The Bertz CT molecular complexity index is 1990. The van der Waals surface area contributed by atoms with Crippen LogP contribution >= 0.6 is 0 Å². The van der Waals surface area contributed by atoms with E-state index in [2.05, 4.69) is 5.32 Å². The Morgan fingerprint density at radius 2 is 1.52 bits per heavy atom. The second-order valence-electron chi connectivity index (χ2n) is 15.7. The third kappa shape index (κ3) is 6.17. The van der Waals surface area contributed by atoms with Gasteiger partial charge in [0.05, 0.1) is 35.8 Å². The second kappa shape index (κ2) is 14.2. The molecule has 11 heteroatoms. The lowest BCUT2D eigenvalue weighted by Crippen LogP contribution is -2.73. The molecular weight excluding hydrogens is 690 g/mol. The van der Waals surface area contributed by atoms with E-state index in [1.165, 1.54) is 0 Å². The Kier molecular flexibility index (Phi) is 9.54. The summed E-state index contributed by atoms with van der Waals surface area (Å²) in [6.45, 7) is 6.74. The minimum absolute atomic E-state index is 0.136. The zero-order chi connectivity index (χ0) is 39.4. The molecule has 284 valence electrons. The molecule has 2 bridgehead atoms. The van der Waals surface area contributed by atoms with Crippen molar-refractivity contribution in [2.45, 2.75) is 89.1 Å². The number of fused-ring (bicyclic) bond motifs is 5. The van der Waals surface area contributed by atoms with Gasteiger partial charge in [0.1, 0.15) is 23.6 Å². The number of carbonyl (C=O) groups excluding carboxylic acids is 4. The summed E-state index contributed by atoms with van der Waals surface area (Å²) in [6, 6.07) is 23.8. The normalized spacial score (nSPS) is 33.9. The number of aliphatic hydroxyl groups is 3. The highest BCUT2D eigenvalue weighted by atomic mass is 16.6. The smallest absolute Gasteiger partial charge is 0.338 e. The van der Waals surface area contributed by atoms with Crippen LogP contribution in [0.4, 0.5) is 0 Å². The number of ketones is 1. The maximum atomic E-state index is 14.8. The first-order chi connectivity index (χ1) is 26.1. The van der Waals surface area contributed by atoms with Crippen molar-refractivity contribution in [1.82, 2.24) is 5.32 Å². The van der Waals surface area contributed by atoms with Crippen LogP contribution in [-0.2, 0) is 23.8 Å². The number of hydrogen-bond acceptors (Lipinski definition) is 10. The van der Waals surface area contributed by atoms with Gasteiger partial charge in [0.15, 0.2) is 6.10 Å². The SMILES string of the molecule is [2H][C@@H]1C(=O)[C@@]2(C)[C@@H]([C@@H]3CO[C@@H]3C[C@@H]2O)[C@H](OC(=O)c2ccccc2)[C@]2(O)C[C@H](OC(=O)[C@H](O)[C@@H](NC(=O)c3ccccc3)c3ccccc3)C(C)=C1C2(C)C. The third-order valence-corrected chi connectivity index (χ3v) is 12.6. The van der Waals surface area contributed by atoms with Crippen molar-refractivity contribution in [1.29, 1.82) is 0 Å². The van der Waals surface area contributed by atoms with Gasteiger partial charge in [0, 0.05) is 43.4 Å². The maximum Gasteiger partial charge on any atom is 0.338 e. The van der Waals surface area contributed by atoms with E-state index in [4.69, 9.17) is 14.2 Å². The van der Waals surface area contributed by atoms with Gasteiger partial charge < -0.3 is 34.8 Å². The average Bonchev–Trinajstić information content (AvgIpc) is 3.17. The van der Waals surface area contributed by atoms with E-state index >= 15 is 0 Å². The molecule has 1 amide bonds. The number of Topliss-reactive ketones (excluding diaryl/α,β-unsaturated/α-hetero) is 1. The van der Waals surface area contributed by atoms with Crippen LogP contribution in [0.3, 0.4) is 0 Å². The second-order valence-corrected chi connectivity index (χ2v) is 15.7. The van der Waals surface area contributed by atoms with E-state index in [1.54, 1.807) is 119 Å².